The molecule has 2 rings (SSSR count). The van der Waals surface area contributed by atoms with Crippen LogP contribution in [0, 0.1) is 6.92 Å². The first kappa shape index (κ1) is 11.2. The standard InChI is InChI=1S/C12H15N3S/c1-3-13-7-10-8-16-12(15-10)11-6-9(2)4-5-14-11/h4-6,8,13H,3,7H2,1-2H3. The number of thiazole rings is 1. The van der Waals surface area contributed by atoms with E-state index in [-0.39, 0.29) is 0 Å². The number of pyridine rings is 1. The Hall–Kier alpha value is -1.26. The van der Waals surface area contributed by atoms with Crippen molar-refractivity contribution in [3.05, 3.63) is 35.0 Å². The molecule has 2 aromatic rings. The van der Waals surface area contributed by atoms with Crippen LogP contribution in [0.5, 0.6) is 0 Å². The Bertz CT molecular complexity index is 465. The van der Waals surface area contributed by atoms with E-state index in [9.17, 15) is 0 Å². The lowest BCUT2D eigenvalue weighted by Crippen LogP contribution is -2.11. The zero-order valence-electron chi connectivity index (χ0n) is 9.53. The third-order valence-corrected chi connectivity index (χ3v) is 3.16. The number of hydrogen-bond acceptors (Lipinski definition) is 4. The van der Waals surface area contributed by atoms with E-state index in [1.165, 1.54) is 5.56 Å². The van der Waals surface area contributed by atoms with Gasteiger partial charge in [0, 0.05) is 18.1 Å². The van der Waals surface area contributed by atoms with Gasteiger partial charge in [-0.2, -0.15) is 0 Å². The fourth-order valence-corrected chi connectivity index (χ4v) is 2.20. The van der Waals surface area contributed by atoms with Crippen molar-refractivity contribution in [2.45, 2.75) is 20.4 Å². The number of nitrogens with zero attached hydrogens (tertiary/aromatic N) is 2. The van der Waals surface area contributed by atoms with Crippen LogP contribution >= 0.6 is 11.3 Å². The second kappa shape index (κ2) is 5.18. The van der Waals surface area contributed by atoms with E-state index in [4.69, 9.17) is 0 Å². The van der Waals surface area contributed by atoms with Crippen molar-refractivity contribution in [1.82, 2.24) is 15.3 Å². The lowest BCUT2D eigenvalue weighted by Gasteiger charge is -1.97. The summed E-state index contributed by atoms with van der Waals surface area (Å²) in [6, 6.07) is 4.06. The van der Waals surface area contributed by atoms with E-state index in [0.29, 0.717) is 0 Å². The lowest BCUT2D eigenvalue weighted by atomic mass is 10.2. The molecule has 0 unspecified atom stereocenters. The van der Waals surface area contributed by atoms with Crippen molar-refractivity contribution in [2.24, 2.45) is 0 Å². The normalized spacial score (nSPS) is 10.6. The minimum Gasteiger partial charge on any atom is -0.311 e. The molecule has 0 saturated heterocycles. The molecule has 0 aromatic carbocycles. The minimum atomic E-state index is 0.832. The highest BCUT2D eigenvalue weighted by Gasteiger charge is 2.05. The molecule has 1 N–H and O–H groups in total. The summed E-state index contributed by atoms with van der Waals surface area (Å²) in [7, 11) is 0. The number of aromatic nitrogens is 2. The molecule has 0 bridgehead atoms. The van der Waals surface area contributed by atoms with Crippen LogP contribution in [0.25, 0.3) is 10.7 Å². The molecule has 84 valence electrons. The highest BCUT2D eigenvalue weighted by Crippen LogP contribution is 2.22. The van der Waals surface area contributed by atoms with Gasteiger partial charge in [0.2, 0.25) is 0 Å². The van der Waals surface area contributed by atoms with Crippen LogP contribution in [0.15, 0.2) is 23.7 Å². The van der Waals surface area contributed by atoms with Gasteiger partial charge in [-0.05, 0) is 31.2 Å². The van der Waals surface area contributed by atoms with Gasteiger partial charge in [-0.25, -0.2) is 4.98 Å². The molecule has 0 atom stereocenters. The molecule has 2 aromatic heterocycles. The van der Waals surface area contributed by atoms with Gasteiger partial charge < -0.3 is 5.32 Å². The Kier molecular flexibility index (Phi) is 3.64. The van der Waals surface area contributed by atoms with Crippen molar-refractivity contribution in [2.75, 3.05) is 6.54 Å². The Labute approximate surface area is 99.6 Å². The second-order valence-electron chi connectivity index (χ2n) is 3.64. The molecule has 0 amide bonds. The summed E-state index contributed by atoms with van der Waals surface area (Å²) in [5.74, 6) is 0. The predicted octanol–water partition coefficient (Wildman–Crippen LogP) is 2.62. The maximum Gasteiger partial charge on any atom is 0.142 e. The third-order valence-electron chi connectivity index (χ3n) is 2.24. The summed E-state index contributed by atoms with van der Waals surface area (Å²) in [5.41, 5.74) is 3.27. The summed E-state index contributed by atoms with van der Waals surface area (Å²) in [4.78, 5) is 8.88. The van der Waals surface area contributed by atoms with Crippen LogP contribution in [-0.4, -0.2) is 16.5 Å². The van der Waals surface area contributed by atoms with E-state index < -0.39 is 0 Å². The van der Waals surface area contributed by atoms with Crippen LogP contribution in [0.4, 0.5) is 0 Å². The van der Waals surface area contributed by atoms with Gasteiger partial charge in [0.15, 0.2) is 0 Å². The predicted molar refractivity (Wildman–Crippen MR) is 67.5 cm³/mol. The lowest BCUT2D eigenvalue weighted by molar-refractivity contribution is 0.714. The van der Waals surface area contributed by atoms with Crippen molar-refractivity contribution in [3.8, 4) is 10.7 Å². The molecule has 0 aliphatic carbocycles. The van der Waals surface area contributed by atoms with Crippen LogP contribution in [0.2, 0.25) is 0 Å². The number of rotatable bonds is 4. The topological polar surface area (TPSA) is 37.8 Å². The largest absolute Gasteiger partial charge is 0.311 e. The van der Waals surface area contributed by atoms with Crippen molar-refractivity contribution in [3.63, 3.8) is 0 Å². The van der Waals surface area contributed by atoms with Gasteiger partial charge in [-0.15, -0.1) is 11.3 Å². The molecule has 2 heterocycles. The molecule has 3 nitrogen and oxygen atoms in total. The van der Waals surface area contributed by atoms with Crippen LogP contribution in [-0.2, 0) is 6.54 Å². The number of hydrogen-bond donors (Lipinski definition) is 1. The zero-order valence-corrected chi connectivity index (χ0v) is 10.3. The van der Waals surface area contributed by atoms with Crippen LogP contribution < -0.4 is 5.32 Å². The average molecular weight is 233 g/mol. The summed E-state index contributed by atoms with van der Waals surface area (Å²) in [6.07, 6.45) is 1.83. The summed E-state index contributed by atoms with van der Waals surface area (Å²) < 4.78 is 0. The Balaban J connectivity index is 2.18. The van der Waals surface area contributed by atoms with Crippen LogP contribution in [0.1, 0.15) is 18.2 Å². The van der Waals surface area contributed by atoms with E-state index >= 15 is 0 Å². The molecular formula is C12H15N3S. The second-order valence-corrected chi connectivity index (χ2v) is 4.50. The molecule has 0 radical (unpaired) electrons. The van der Waals surface area contributed by atoms with Gasteiger partial charge in [0.05, 0.1) is 11.4 Å². The van der Waals surface area contributed by atoms with Gasteiger partial charge in [0.25, 0.3) is 0 Å². The third kappa shape index (κ3) is 2.65. The van der Waals surface area contributed by atoms with Crippen molar-refractivity contribution >= 4 is 11.3 Å². The van der Waals surface area contributed by atoms with Gasteiger partial charge in [-0.3, -0.25) is 4.98 Å². The van der Waals surface area contributed by atoms with Crippen molar-refractivity contribution < 1.29 is 0 Å². The molecule has 0 spiro atoms. The number of nitrogens with one attached hydrogen (secondary N) is 1. The minimum absolute atomic E-state index is 0.832. The summed E-state index contributed by atoms with van der Waals surface area (Å²) in [5, 5.41) is 6.35. The highest BCUT2D eigenvalue weighted by molar-refractivity contribution is 7.13. The van der Waals surface area contributed by atoms with E-state index in [1.54, 1.807) is 11.3 Å². The fourth-order valence-electron chi connectivity index (χ4n) is 1.41. The first-order valence-corrected chi connectivity index (χ1v) is 6.25. The summed E-state index contributed by atoms with van der Waals surface area (Å²) >= 11 is 1.65. The van der Waals surface area contributed by atoms with Crippen LogP contribution in [0.3, 0.4) is 0 Å². The quantitative estimate of drug-likeness (QED) is 0.882. The average Bonchev–Trinajstić information content (AvgIpc) is 2.75. The Morgan fingerprint density at radius 3 is 3.06 bits per heavy atom. The Morgan fingerprint density at radius 2 is 2.31 bits per heavy atom. The Morgan fingerprint density at radius 1 is 1.44 bits per heavy atom. The molecule has 16 heavy (non-hydrogen) atoms. The van der Waals surface area contributed by atoms with E-state index in [2.05, 4.69) is 40.6 Å². The smallest absolute Gasteiger partial charge is 0.142 e. The number of aryl methyl sites for hydroxylation is 1. The van der Waals surface area contributed by atoms with E-state index in [0.717, 1.165) is 29.5 Å². The molecule has 4 heteroatoms. The molecule has 0 aliphatic heterocycles. The highest BCUT2D eigenvalue weighted by atomic mass is 32.1. The summed E-state index contributed by atoms with van der Waals surface area (Å²) in [6.45, 7) is 5.96. The first-order chi connectivity index (χ1) is 7.79. The maximum absolute atomic E-state index is 4.55. The maximum atomic E-state index is 4.55. The fraction of sp³-hybridized carbons (Fsp3) is 0.333. The van der Waals surface area contributed by atoms with Crippen molar-refractivity contribution in [1.29, 1.82) is 0 Å². The SMILES string of the molecule is CCNCc1csc(-c2cc(C)ccn2)n1. The van der Waals surface area contributed by atoms with E-state index in [1.807, 2.05) is 12.3 Å². The van der Waals surface area contributed by atoms with Gasteiger partial charge in [0.1, 0.15) is 5.01 Å². The molecule has 0 aliphatic rings. The molecule has 0 saturated carbocycles. The molecule has 0 fully saturated rings. The van der Waals surface area contributed by atoms with Gasteiger partial charge >= 0.3 is 0 Å². The molecular weight excluding hydrogens is 218 g/mol. The first-order valence-electron chi connectivity index (χ1n) is 5.37. The van der Waals surface area contributed by atoms with Gasteiger partial charge in [-0.1, -0.05) is 6.92 Å². The zero-order chi connectivity index (χ0) is 11.4. The monoisotopic (exact) mass is 233 g/mol.